The van der Waals surface area contributed by atoms with E-state index >= 15 is 0 Å². The molecule has 5 heteroatoms. The second-order valence-corrected chi connectivity index (χ2v) is 4.38. The predicted molar refractivity (Wildman–Crippen MR) is 66.2 cm³/mol. The SMILES string of the molecule is NC(Cc1cc(F)ccc1F)c1ccc(Cl)cn1. The van der Waals surface area contributed by atoms with Crippen molar-refractivity contribution in [3.05, 3.63) is 64.4 Å². The standard InChI is InChI=1S/C13H11ClF2N2/c14-9-1-4-13(18-7-9)12(17)6-8-5-10(15)2-3-11(8)16/h1-5,7,12H,6,17H2. The van der Waals surface area contributed by atoms with Gasteiger partial charge in [0, 0.05) is 6.20 Å². The van der Waals surface area contributed by atoms with Crippen molar-refractivity contribution in [1.29, 1.82) is 0 Å². The zero-order chi connectivity index (χ0) is 13.1. The topological polar surface area (TPSA) is 38.9 Å². The molecule has 2 rings (SSSR count). The monoisotopic (exact) mass is 268 g/mol. The number of pyridine rings is 1. The first-order valence-electron chi connectivity index (χ1n) is 5.37. The average molecular weight is 269 g/mol. The lowest BCUT2D eigenvalue weighted by molar-refractivity contribution is 0.570. The molecule has 2 N–H and O–H groups in total. The van der Waals surface area contributed by atoms with Crippen LogP contribution < -0.4 is 5.73 Å². The molecule has 0 amide bonds. The minimum atomic E-state index is -0.501. The molecule has 1 aromatic carbocycles. The van der Waals surface area contributed by atoms with Crippen LogP contribution in [0.5, 0.6) is 0 Å². The maximum absolute atomic E-state index is 13.4. The van der Waals surface area contributed by atoms with Crippen molar-refractivity contribution in [3.8, 4) is 0 Å². The van der Waals surface area contributed by atoms with E-state index in [2.05, 4.69) is 4.98 Å². The van der Waals surface area contributed by atoms with E-state index in [9.17, 15) is 8.78 Å². The zero-order valence-electron chi connectivity index (χ0n) is 9.41. The van der Waals surface area contributed by atoms with Gasteiger partial charge in [-0.05, 0) is 42.3 Å². The summed E-state index contributed by atoms with van der Waals surface area (Å²) >= 11 is 5.71. The Morgan fingerprint density at radius 2 is 2.00 bits per heavy atom. The number of aromatic nitrogens is 1. The molecular formula is C13H11ClF2N2. The molecule has 0 bridgehead atoms. The third kappa shape index (κ3) is 3.03. The number of nitrogens with zero attached hydrogens (tertiary/aromatic N) is 1. The summed E-state index contributed by atoms with van der Waals surface area (Å²) in [4.78, 5) is 4.05. The highest BCUT2D eigenvalue weighted by atomic mass is 35.5. The summed E-state index contributed by atoms with van der Waals surface area (Å²) in [5, 5.41) is 0.503. The molecule has 1 unspecified atom stereocenters. The van der Waals surface area contributed by atoms with Gasteiger partial charge in [0.2, 0.25) is 0 Å². The second kappa shape index (κ2) is 5.42. The number of halogens is 3. The van der Waals surface area contributed by atoms with Crippen LogP contribution in [0, 0.1) is 11.6 Å². The third-order valence-electron chi connectivity index (χ3n) is 2.58. The van der Waals surface area contributed by atoms with E-state index in [1.54, 1.807) is 12.1 Å². The zero-order valence-corrected chi connectivity index (χ0v) is 10.2. The molecule has 0 aliphatic carbocycles. The Bertz CT molecular complexity index is 543. The summed E-state index contributed by atoms with van der Waals surface area (Å²) in [6.45, 7) is 0. The Kier molecular flexibility index (Phi) is 3.89. The lowest BCUT2D eigenvalue weighted by Crippen LogP contribution is -2.15. The Hall–Kier alpha value is -1.52. The summed E-state index contributed by atoms with van der Waals surface area (Å²) in [5.41, 5.74) is 6.72. The van der Waals surface area contributed by atoms with Crippen molar-refractivity contribution in [2.24, 2.45) is 5.73 Å². The molecule has 1 heterocycles. The van der Waals surface area contributed by atoms with Crippen molar-refractivity contribution in [3.63, 3.8) is 0 Å². The number of nitrogens with two attached hydrogens (primary N) is 1. The van der Waals surface area contributed by atoms with Gasteiger partial charge in [-0.1, -0.05) is 11.6 Å². The Labute approximate surface area is 108 Å². The Morgan fingerprint density at radius 3 is 2.67 bits per heavy atom. The van der Waals surface area contributed by atoms with Gasteiger partial charge in [-0.15, -0.1) is 0 Å². The molecule has 0 saturated heterocycles. The summed E-state index contributed by atoms with van der Waals surface area (Å²) < 4.78 is 26.5. The Morgan fingerprint density at radius 1 is 1.22 bits per heavy atom. The van der Waals surface area contributed by atoms with Gasteiger partial charge < -0.3 is 5.73 Å². The minimum Gasteiger partial charge on any atom is -0.322 e. The number of benzene rings is 1. The number of rotatable bonds is 3. The predicted octanol–water partition coefficient (Wildman–Crippen LogP) is 3.26. The van der Waals surface area contributed by atoms with Crippen LogP contribution in [0.2, 0.25) is 5.02 Å². The number of hydrogen-bond acceptors (Lipinski definition) is 2. The van der Waals surface area contributed by atoms with E-state index in [1.165, 1.54) is 6.20 Å². The van der Waals surface area contributed by atoms with Crippen LogP contribution in [0.3, 0.4) is 0 Å². The average Bonchev–Trinajstić information content (AvgIpc) is 2.34. The van der Waals surface area contributed by atoms with Gasteiger partial charge in [0.15, 0.2) is 0 Å². The minimum absolute atomic E-state index is 0.179. The first kappa shape index (κ1) is 12.9. The van der Waals surface area contributed by atoms with E-state index in [0.29, 0.717) is 10.7 Å². The van der Waals surface area contributed by atoms with Crippen LogP contribution in [-0.4, -0.2) is 4.98 Å². The molecule has 0 saturated carbocycles. The van der Waals surface area contributed by atoms with Crippen LogP contribution in [0.1, 0.15) is 17.3 Å². The smallest absolute Gasteiger partial charge is 0.126 e. The normalized spacial score (nSPS) is 12.4. The van der Waals surface area contributed by atoms with Crippen molar-refractivity contribution in [2.75, 3.05) is 0 Å². The molecular weight excluding hydrogens is 258 g/mol. The fourth-order valence-electron chi connectivity index (χ4n) is 1.65. The summed E-state index contributed by atoms with van der Waals surface area (Å²) in [6, 6.07) is 6.14. The van der Waals surface area contributed by atoms with Gasteiger partial charge in [0.1, 0.15) is 11.6 Å². The molecule has 1 aromatic heterocycles. The maximum Gasteiger partial charge on any atom is 0.126 e. The van der Waals surface area contributed by atoms with E-state index < -0.39 is 17.7 Å². The molecule has 2 nitrogen and oxygen atoms in total. The summed E-state index contributed by atoms with van der Waals surface area (Å²) in [5.74, 6) is -0.955. The lowest BCUT2D eigenvalue weighted by atomic mass is 10.0. The molecule has 18 heavy (non-hydrogen) atoms. The molecule has 94 valence electrons. The highest BCUT2D eigenvalue weighted by Gasteiger charge is 2.12. The largest absolute Gasteiger partial charge is 0.322 e. The first-order valence-corrected chi connectivity index (χ1v) is 5.75. The quantitative estimate of drug-likeness (QED) is 0.928. The molecule has 0 radical (unpaired) electrons. The Balaban J connectivity index is 2.18. The van der Waals surface area contributed by atoms with Crippen molar-refractivity contribution in [1.82, 2.24) is 4.98 Å². The van der Waals surface area contributed by atoms with Crippen molar-refractivity contribution >= 4 is 11.6 Å². The molecule has 0 fully saturated rings. The van der Waals surface area contributed by atoms with Gasteiger partial charge in [0.05, 0.1) is 16.8 Å². The van der Waals surface area contributed by atoms with Gasteiger partial charge in [0.25, 0.3) is 0 Å². The molecule has 0 spiro atoms. The first-order chi connectivity index (χ1) is 8.56. The van der Waals surface area contributed by atoms with Crippen molar-refractivity contribution in [2.45, 2.75) is 12.5 Å². The fourth-order valence-corrected chi connectivity index (χ4v) is 1.76. The molecule has 2 aromatic rings. The highest BCUT2D eigenvalue weighted by Crippen LogP contribution is 2.18. The van der Waals surface area contributed by atoms with Gasteiger partial charge >= 0.3 is 0 Å². The molecule has 1 atom stereocenters. The van der Waals surface area contributed by atoms with Crippen LogP contribution in [0.25, 0.3) is 0 Å². The van der Waals surface area contributed by atoms with Gasteiger partial charge in [-0.2, -0.15) is 0 Å². The fraction of sp³-hybridized carbons (Fsp3) is 0.154. The van der Waals surface area contributed by atoms with Crippen LogP contribution >= 0.6 is 11.6 Å². The van der Waals surface area contributed by atoms with E-state index in [4.69, 9.17) is 17.3 Å². The van der Waals surface area contributed by atoms with Crippen LogP contribution in [0.4, 0.5) is 8.78 Å². The second-order valence-electron chi connectivity index (χ2n) is 3.95. The van der Waals surface area contributed by atoms with E-state index in [1.807, 2.05) is 0 Å². The van der Waals surface area contributed by atoms with Crippen LogP contribution in [-0.2, 0) is 6.42 Å². The molecule has 0 aliphatic rings. The highest BCUT2D eigenvalue weighted by molar-refractivity contribution is 6.30. The van der Waals surface area contributed by atoms with Crippen LogP contribution in [0.15, 0.2) is 36.5 Å². The van der Waals surface area contributed by atoms with Crippen molar-refractivity contribution < 1.29 is 8.78 Å². The maximum atomic E-state index is 13.4. The lowest BCUT2D eigenvalue weighted by Gasteiger charge is -2.11. The summed E-state index contributed by atoms with van der Waals surface area (Å²) in [6.07, 6.45) is 1.65. The number of hydrogen-bond donors (Lipinski definition) is 1. The third-order valence-corrected chi connectivity index (χ3v) is 2.80. The van der Waals surface area contributed by atoms with Gasteiger partial charge in [-0.25, -0.2) is 8.78 Å². The molecule has 0 aliphatic heterocycles. The van der Waals surface area contributed by atoms with E-state index in [0.717, 1.165) is 18.2 Å². The summed E-state index contributed by atoms with van der Waals surface area (Å²) in [7, 11) is 0. The van der Waals surface area contributed by atoms with Gasteiger partial charge in [-0.3, -0.25) is 4.98 Å². The van der Waals surface area contributed by atoms with E-state index in [-0.39, 0.29) is 12.0 Å².